The van der Waals surface area contributed by atoms with Crippen LogP contribution in [0, 0.1) is 0 Å². The number of aliphatic hydroxyl groups is 1. The van der Waals surface area contributed by atoms with E-state index in [1.54, 1.807) is 32.3 Å². The number of amides is 2. The Balaban J connectivity index is 1.33. The molecule has 0 bridgehead atoms. The van der Waals surface area contributed by atoms with Gasteiger partial charge in [-0.05, 0) is 60.4 Å². The van der Waals surface area contributed by atoms with E-state index in [-0.39, 0.29) is 11.1 Å². The molecular weight excluding hydrogens is 689 g/mol. The summed E-state index contributed by atoms with van der Waals surface area (Å²) in [5, 5.41) is 15.7. The first-order chi connectivity index (χ1) is 23.1. The van der Waals surface area contributed by atoms with Crippen LogP contribution in [0.3, 0.4) is 0 Å². The minimum atomic E-state index is -0.881. The zero-order chi connectivity index (χ0) is 34.0. The number of thiophene rings is 1. The first kappa shape index (κ1) is 34.0. The molecule has 2 amide bonds. The van der Waals surface area contributed by atoms with Crippen molar-refractivity contribution >= 4 is 73.6 Å². The van der Waals surface area contributed by atoms with Crippen LogP contribution in [-0.4, -0.2) is 50.7 Å². The fraction of sp³-hybridized carbons (Fsp3) is 0.257. The van der Waals surface area contributed by atoms with Crippen LogP contribution in [0.4, 0.5) is 4.79 Å². The van der Waals surface area contributed by atoms with Gasteiger partial charge < -0.3 is 19.9 Å². The Bertz CT molecular complexity index is 1930. The molecule has 48 heavy (non-hydrogen) atoms. The van der Waals surface area contributed by atoms with Crippen molar-refractivity contribution < 1.29 is 29.0 Å². The molecule has 248 valence electrons. The van der Waals surface area contributed by atoms with Gasteiger partial charge in [0, 0.05) is 5.75 Å². The van der Waals surface area contributed by atoms with E-state index < -0.39 is 47.7 Å². The fourth-order valence-corrected chi connectivity index (χ4v) is 9.80. The van der Waals surface area contributed by atoms with Gasteiger partial charge in [0.1, 0.15) is 22.7 Å². The highest BCUT2D eigenvalue weighted by Crippen LogP contribution is 2.43. The number of nitrogens with one attached hydrogen (secondary N) is 1. The van der Waals surface area contributed by atoms with Crippen molar-refractivity contribution in [1.82, 2.24) is 10.2 Å². The Morgan fingerprint density at radius 1 is 1.06 bits per heavy atom. The average Bonchev–Trinajstić information content (AvgIpc) is 3.55. The molecule has 9 nitrogen and oxygen atoms in total. The second kappa shape index (κ2) is 14.3. The minimum absolute atomic E-state index is 0.0866. The molecule has 2 aromatic heterocycles. The number of hydrogen-bond acceptors (Lipinski definition) is 11. The maximum Gasteiger partial charge on any atom is 0.408 e. The molecule has 6 rings (SSSR count). The molecule has 0 radical (unpaired) electrons. The van der Waals surface area contributed by atoms with Crippen LogP contribution in [0.15, 0.2) is 104 Å². The minimum Gasteiger partial charge on any atom is -0.448 e. The molecule has 2 aliphatic rings. The van der Waals surface area contributed by atoms with E-state index in [2.05, 4.69) is 5.32 Å². The number of hydrogen-bond donors (Lipinski definition) is 2. The summed E-state index contributed by atoms with van der Waals surface area (Å²) in [4.78, 5) is 54.7. The van der Waals surface area contributed by atoms with Gasteiger partial charge in [0.15, 0.2) is 6.10 Å². The smallest absolute Gasteiger partial charge is 0.408 e. The second-order valence-corrected chi connectivity index (χ2v) is 16.2. The van der Waals surface area contributed by atoms with Crippen LogP contribution in [-0.2, 0) is 25.7 Å². The maximum absolute atomic E-state index is 14.2. The molecule has 2 aromatic carbocycles. The standard InChI is InChI=1S/C35H32N2O7S4/c1-35(2,3)44-34(42)36-25-30(40)37-26(32(41)43-28(20-10-6-4-7-11-20)21-12-8-5-9-13-21)22(19-47-31(25)37)14-16-46-33-23(18-38)27(39)29-24(48-33)15-17-45-29/h4-17,25,28,31,38H,18-19H2,1-3H3,(H,36,42)/t25-,31-/m1/s1. The van der Waals surface area contributed by atoms with Crippen molar-refractivity contribution in [3.63, 3.8) is 0 Å². The number of allylic oxidation sites excluding steroid dienone is 1. The van der Waals surface area contributed by atoms with E-state index in [0.717, 1.165) is 15.8 Å². The van der Waals surface area contributed by atoms with Crippen LogP contribution in [0.5, 0.6) is 0 Å². The number of benzene rings is 2. The van der Waals surface area contributed by atoms with E-state index in [9.17, 15) is 24.3 Å². The molecule has 2 aliphatic heterocycles. The molecule has 2 atom stereocenters. The SMILES string of the molecule is CC(C)(C)OC(=O)N[C@@H]1C(=O)N2C(C(=O)OC(c3ccccc3)c3ccccc3)=C(C=CSc3sc4ccsc4c(=O)c3CO)CS[C@H]12. The third-order valence-corrected chi connectivity index (χ3v) is 12.1. The van der Waals surface area contributed by atoms with Gasteiger partial charge in [0.25, 0.3) is 5.91 Å². The van der Waals surface area contributed by atoms with Gasteiger partial charge in [0.05, 0.1) is 25.8 Å². The van der Waals surface area contributed by atoms with Gasteiger partial charge in [-0.2, -0.15) is 0 Å². The number of esters is 1. The lowest BCUT2D eigenvalue weighted by Crippen LogP contribution is -2.70. The highest BCUT2D eigenvalue weighted by atomic mass is 32.2. The van der Waals surface area contributed by atoms with Crippen molar-refractivity contribution in [2.45, 2.75) is 54.7 Å². The molecule has 13 heteroatoms. The third-order valence-electron chi connectivity index (χ3n) is 7.45. The first-order valence-corrected chi connectivity index (χ1v) is 18.6. The Labute approximate surface area is 293 Å². The van der Waals surface area contributed by atoms with Crippen molar-refractivity contribution in [2.24, 2.45) is 0 Å². The quantitative estimate of drug-likeness (QED) is 0.109. The predicted octanol–water partition coefficient (Wildman–Crippen LogP) is 6.82. The summed E-state index contributed by atoms with van der Waals surface area (Å²) in [6.07, 6.45) is 0.280. The van der Waals surface area contributed by atoms with E-state index >= 15 is 0 Å². The molecule has 1 fully saturated rings. The molecule has 0 aliphatic carbocycles. The summed E-state index contributed by atoms with van der Waals surface area (Å²) < 4.78 is 13.7. The molecule has 4 aromatic rings. The molecule has 0 unspecified atom stereocenters. The Hall–Kier alpha value is -3.88. The van der Waals surface area contributed by atoms with Crippen molar-refractivity contribution in [3.8, 4) is 0 Å². The van der Waals surface area contributed by atoms with Crippen LogP contribution in [0.25, 0.3) is 9.40 Å². The number of alkyl carbamates (subject to hydrolysis) is 1. The lowest BCUT2D eigenvalue weighted by atomic mass is 10.0. The summed E-state index contributed by atoms with van der Waals surface area (Å²) >= 11 is 5.43. The third kappa shape index (κ3) is 7.10. The van der Waals surface area contributed by atoms with E-state index in [1.165, 1.54) is 51.1 Å². The second-order valence-electron chi connectivity index (χ2n) is 11.9. The van der Waals surface area contributed by atoms with Crippen molar-refractivity contribution in [1.29, 1.82) is 0 Å². The molecule has 2 N–H and O–H groups in total. The van der Waals surface area contributed by atoms with Gasteiger partial charge in [-0.1, -0.05) is 72.4 Å². The molecule has 0 saturated carbocycles. The lowest BCUT2D eigenvalue weighted by molar-refractivity contribution is -0.153. The summed E-state index contributed by atoms with van der Waals surface area (Å²) in [6, 6.07) is 19.7. The van der Waals surface area contributed by atoms with Crippen LogP contribution < -0.4 is 10.7 Å². The lowest BCUT2D eigenvalue weighted by Gasteiger charge is -2.49. The zero-order valence-corrected chi connectivity index (χ0v) is 29.5. The van der Waals surface area contributed by atoms with Crippen LogP contribution in [0.1, 0.15) is 43.6 Å². The normalized spacial score (nSPS) is 17.9. The maximum atomic E-state index is 14.2. The van der Waals surface area contributed by atoms with E-state index in [4.69, 9.17) is 9.47 Å². The number of ether oxygens (including phenoxy) is 2. The number of β-lactam (4-membered cyclic amide) rings is 1. The molecule has 4 heterocycles. The first-order valence-electron chi connectivity index (χ1n) is 15.0. The Morgan fingerprint density at radius 2 is 1.73 bits per heavy atom. The number of thioether (sulfide) groups is 2. The van der Waals surface area contributed by atoms with Crippen molar-refractivity contribution in [3.05, 3.63) is 122 Å². The van der Waals surface area contributed by atoms with Gasteiger partial charge >= 0.3 is 12.1 Å². The van der Waals surface area contributed by atoms with Crippen molar-refractivity contribution in [2.75, 3.05) is 5.75 Å². The average molecular weight is 721 g/mol. The highest BCUT2D eigenvalue weighted by Gasteiger charge is 2.54. The monoisotopic (exact) mass is 720 g/mol. The molecule has 1 saturated heterocycles. The van der Waals surface area contributed by atoms with E-state index in [0.29, 0.717) is 25.8 Å². The van der Waals surface area contributed by atoms with Gasteiger partial charge in [0.2, 0.25) is 5.43 Å². The number of aliphatic hydroxyl groups excluding tert-OH is 1. The highest BCUT2D eigenvalue weighted by molar-refractivity contribution is 8.04. The number of carbonyl (C=O) groups is 3. The van der Waals surface area contributed by atoms with Gasteiger partial charge in [-0.3, -0.25) is 14.5 Å². The fourth-order valence-electron chi connectivity index (χ4n) is 5.29. The van der Waals surface area contributed by atoms with Crippen LogP contribution in [0.2, 0.25) is 0 Å². The number of fused-ring (bicyclic) bond motifs is 2. The topological polar surface area (TPSA) is 122 Å². The zero-order valence-electron chi connectivity index (χ0n) is 26.2. The van der Waals surface area contributed by atoms with E-state index in [1.807, 2.05) is 72.1 Å². The Kier molecular flexibility index (Phi) is 10.1. The number of nitrogens with zero attached hydrogens (tertiary/aromatic N) is 1. The summed E-state index contributed by atoms with van der Waals surface area (Å²) in [5.74, 6) is -0.800. The summed E-state index contributed by atoms with van der Waals surface area (Å²) in [6.45, 7) is 4.81. The number of carbonyl (C=O) groups excluding carboxylic acids is 3. The van der Waals surface area contributed by atoms with Gasteiger partial charge in [-0.25, -0.2) is 9.59 Å². The largest absolute Gasteiger partial charge is 0.448 e. The van der Waals surface area contributed by atoms with Gasteiger partial charge in [-0.15, -0.1) is 34.4 Å². The summed E-state index contributed by atoms with van der Waals surface area (Å²) in [5.41, 5.74) is 1.54. The molecular formula is C35H32N2O7S4. The predicted molar refractivity (Wildman–Crippen MR) is 191 cm³/mol. The molecule has 0 spiro atoms. The van der Waals surface area contributed by atoms with Crippen LogP contribution >= 0.6 is 46.2 Å². The Morgan fingerprint density at radius 3 is 2.35 bits per heavy atom. The summed E-state index contributed by atoms with van der Waals surface area (Å²) in [7, 11) is 0. The number of rotatable bonds is 9.